The number of thioether (sulfide) groups is 1. The van der Waals surface area contributed by atoms with Gasteiger partial charge < -0.3 is 10.1 Å². The van der Waals surface area contributed by atoms with E-state index in [0.717, 1.165) is 5.56 Å². The number of hydrogen-bond donors (Lipinski definition) is 1. The molecule has 0 bridgehead atoms. The van der Waals surface area contributed by atoms with E-state index < -0.39 is 5.25 Å². The summed E-state index contributed by atoms with van der Waals surface area (Å²) in [6, 6.07) is 24.0. The number of amides is 1. The van der Waals surface area contributed by atoms with Crippen LogP contribution in [0.15, 0.2) is 88.8 Å². The first-order valence-corrected chi connectivity index (χ1v) is 11.1. The highest BCUT2D eigenvalue weighted by molar-refractivity contribution is 8.00. The van der Waals surface area contributed by atoms with E-state index >= 15 is 0 Å². The number of ether oxygens (including phenoxy) is 1. The van der Waals surface area contributed by atoms with Crippen LogP contribution < -0.4 is 15.6 Å². The fourth-order valence-corrected chi connectivity index (χ4v) is 4.59. The van der Waals surface area contributed by atoms with Crippen LogP contribution in [-0.4, -0.2) is 22.6 Å². The predicted octanol–water partition coefficient (Wildman–Crippen LogP) is 4.90. The molecular weight excluding hydrogens is 422 g/mol. The Morgan fingerprint density at radius 2 is 1.81 bits per heavy atom. The van der Waals surface area contributed by atoms with Gasteiger partial charge in [-0.05, 0) is 36.8 Å². The van der Waals surface area contributed by atoms with E-state index in [1.807, 2.05) is 73.7 Å². The lowest BCUT2D eigenvalue weighted by molar-refractivity contribution is -0.115. The van der Waals surface area contributed by atoms with Crippen LogP contribution in [0, 0.1) is 0 Å². The molecule has 0 saturated carbocycles. The van der Waals surface area contributed by atoms with Gasteiger partial charge in [-0.2, -0.15) is 0 Å². The second-order valence-electron chi connectivity index (χ2n) is 7.09. The van der Waals surface area contributed by atoms with E-state index in [0.29, 0.717) is 34.0 Å². The van der Waals surface area contributed by atoms with Gasteiger partial charge in [0.05, 0.1) is 18.0 Å². The molecule has 1 heterocycles. The van der Waals surface area contributed by atoms with Crippen molar-refractivity contribution < 1.29 is 9.53 Å². The summed E-state index contributed by atoms with van der Waals surface area (Å²) in [5.41, 5.74) is 1.96. The lowest BCUT2D eigenvalue weighted by atomic mass is 10.1. The van der Waals surface area contributed by atoms with Gasteiger partial charge in [0.1, 0.15) is 11.0 Å². The van der Waals surface area contributed by atoms with Crippen LogP contribution in [0.25, 0.3) is 10.9 Å². The van der Waals surface area contributed by atoms with Gasteiger partial charge in [0.25, 0.3) is 5.56 Å². The first-order valence-electron chi connectivity index (χ1n) is 10.3. The molecular formula is C25H23N3O3S. The van der Waals surface area contributed by atoms with Crippen molar-refractivity contribution in [3.05, 3.63) is 94.8 Å². The second-order valence-corrected chi connectivity index (χ2v) is 8.16. The number of para-hydroxylation sites is 1. The molecule has 0 radical (unpaired) electrons. The Morgan fingerprint density at radius 1 is 1.06 bits per heavy atom. The number of aromatic nitrogens is 2. The quantitative estimate of drug-likeness (QED) is 0.324. The summed E-state index contributed by atoms with van der Waals surface area (Å²) in [6.45, 7) is 2.35. The summed E-state index contributed by atoms with van der Waals surface area (Å²) >= 11 is 1.27. The third-order valence-corrected chi connectivity index (χ3v) is 6.29. The van der Waals surface area contributed by atoms with Crippen molar-refractivity contribution in [1.82, 2.24) is 9.55 Å². The fourth-order valence-electron chi connectivity index (χ4n) is 3.43. The molecule has 4 rings (SSSR count). The van der Waals surface area contributed by atoms with Crippen molar-refractivity contribution in [2.45, 2.75) is 23.9 Å². The van der Waals surface area contributed by atoms with Crippen LogP contribution in [0.2, 0.25) is 0 Å². The summed E-state index contributed by atoms with van der Waals surface area (Å²) in [5.74, 6) is 0.447. The van der Waals surface area contributed by atoms with E-state index in [9.17, 15) is 9.59 Å². The third kappa shape index (κ3) is 4.53. The monoisotopic (exact) mass is 445 g/mol. The standard InChI is InChI=1S/C25H23N3O3S/c1-3-28-24(30)20-14-7-8-15-21(20)27-25(28)32-22(17-10-5-4-6-11-17)23(29)26-18-12-9-13-19(16-18)31-2/h4-16,22H,3H2,1-2H3,(H,26,29). The van der Waals surface area contributed by atoms with E-state index in [1.54, 1.807) is 23.8 Å². The van der Waals surface area contributed by atoms with Crippen LogP contribution in [0.1, 0.15) is 17.7 Å². The van der Waals surface area contributed by atoms with E-state index in [1.165, 1.54) is 11.8 Å². The lowest BCUT2D eigenvalue weighted by Crippen LogP contribution is -2.24. The molecule has 1 amide bonds. The maximum Gasteiger partial charge on any atom is 0.262 e. The number of fused-ring (bicyclic) bond motifs is 1. The van der Waals surface area contributed by atoms with Gasteiger partial charge in [0.15, 0.2) is 5.16 Å². The predicted molar refractivity (Wildman–Crippen MR) is 128 cm³/mol. The number of carbonyl (C=O) groups is 1. The number of nitrogens with zero attached hydrogens (tertiary/aromatic N) is 2. The highest BCUT2D eigenvalue weighted by atomic mass is 32.2. The van der Waals surface area contributed by atoms with Crippen LogP contribution in [-0.2, 0) is 11.3 Å². The van der Waals surface area contributed by atoms with Crippen LogP contribution in [0.3, 0.4) is 0 Å². The van der Waals surface area contributed by atoms with Crippen molar-refractivity contribution in [1.29, 1.82) is 0 Å². The Kier molecular flexibility index (Phi) is 6.56. The maximum absolute atomic E-state index is 13.4. The molecule has 162 valence electrons. The molecule has 4 aromatic rings. The van der Waals surface area contributed by atoms with Crippen molar-refractivity contribution in [2.75, 3.05) is 12.4 Å². The first kappa shape index (κ1) is 21.6. The molecule has 0 saturated heterocycles. The van der Waals surface area contributed by atoms with Crippen molar-refractivity contribution in [3.8, 4) is 5.75 Å². The van der Waals surface area contributed by atoms with Crippen molar-refractivity contribution >= 4 is 34.3 Å². The second kappa shape index (κ2) is 9.70. The van der Waals surface area contributed by atoms with Gasteiger partial charge >= 0.3 is 0 Å². The van der Waals surface area contributed by atoms with Gasteiger partial charge in [-0.3, -0.25) is 14.2 Å². The summed E-state index contributed by atoms with van der Waals surface area (Å²) in [6.07, 6.45) is 0. The van der Waals surface area contributed by atoms with Gasteiger partial charge in [-0.15, -0.1) is 0 Å². The number of rotatable bonds is 7. The normalized spacial score (nSPS) is 11.8. The number of methoxy groups -OCH3 is 1. The Bertz CT molecular complexity index is 1300. The molecule has 0 fully saturated rings. The SMILES string of the molecule is CCn1c(SC(C(=O)Nc2cccc(OC)c2)c2ccccc2)nc2ccccc2c1=O. The molecule has 1 unspecified atom stereocenters. The molecule has 0 aliphatic rings. The van der Waals surface area contributed by atoms with Crippen LogP contribution in [0.4, 0.5) is 5.69 Å². The molecule has 0 spiro atoms. The number of carbonyl (C=O) groups excluding carboxylic acids is 1. The minimum atomic E-state index is -0.603. The zero-order valence-corrected chi connectivity index (χ0v) is 18.6. The van der Waals surface area contributed by atoms with Crippen molar-refractivity contribution in [2.24, 2.45) is 0 Å². The molecule has 3 aromatic carbocycles. The Labute approximate surface area is 190 Å². The smallest absolute Gasteiger partial charge is 0.262 e. The highest BCUT2D eigenvalue weighted by Crippen LogP contribution is 2.35. The summed E-state index contributed by atoms with van der Waals surface area (Å²) in [7, 11) is 1.58. The highest BCUT2D eigenvalue weighted by Gasteiger charge is 2.25. The molecule has 0 aliphatic heterocycles. The van der Waals surface area contributed by atoms with Gasteiger partial charge in [-0.1, -0.05) is 60.3 Å². The summed E-state index contributed by atoms with van der Waals surface area (Å²) in [5, 5.41) is 3.44. The number of nitrogens with one attached hydrogen (secondary N) is 1. The molecule has 1 N–H and O–H groups in total. The maximum atomic E-state index is 13.4. The van der Waals surface area contributed by atoms with Crippen LogP contribution in [0.5, 0.6) is 5.75 Å². The Morgan fingerprint density at radius 3 is 2.56 bits per heavy atom. The minimum Gasteiger partial charge on any atom is -0.497 e. The molecule has 0 aliphatic carbocycles. The molecule has 6 nitrogen and oxygen atoms in total. The third-order valence-electron chi connectivity index (χ3n) is 5.04. The average Bonchev–Trinajstić information content (AvgIpc) is 2.83. The molecule has 1 atom stereocenters. The van der Waals surface area contributed by atoms with Gasteiger partial charge in [0, 0.05) is 18.3 Å². The molecule has 1 aromatic heterocycles. The minimum absolute atomic E-state index is 0.111. The van der Waals surface area contributed by atoms with Gasteiger partial charge in [0.2, 0.25) is 5.91 Å². The topological polar surface area (TPSA) is 73.2 Å². The molecule has 32 heavy (non-hydrogen) atoms. The van der Waals surface area contributed by atoms with E-state index in [4.69, 9.17) is 9.72 Å². The molecule has 7 heteroatoms. The van der Waals surface area contributed by atoms with Crippen molar-refractivity contribution in [3.63, 3.8) is 0 Å². The Balaban J connectivity index is 1.73. The largest absolute Gasteiger partial charge is 0.497 e. The number of benzene rings is 3. The lowest BCUT2D eigenvalue weighted by Gasteiger charge is -2.19. The first-order chi connectivity index (χ1) is 15.6. The fraction of sp³-hybridized carbons (Fsp3) is 0.160. The van der Waals surface area contributed by atoms with E-state index in [-0.39, 0.29) is 11.5 Å². The summed E-state index contributed by atoms with van der Waals surface area (Å²) < 4.78 is 6.87. The van der Waals surface area contributed by atoms with E-state index in [2.05, 4.69) is 5.32 Å². The zero-order valence-electron chi connectivity index (χ0n) is 17.8. The number of anilines is 1. The average molecular weight is 446 g/mol. The van der Waals surface area contributed by atoms with Crippen LogP contribution >= 0.6 is 11.8 Å². The summed E-state index contributed by atoms with van der Waals surface area (Å²) in [4.78, 5) is 31.1. The zero-order chi connectivity index (χ0) is 22.5. The Hall–Kier alpha value is -3.58. The van der Waals surface area contributed by atoms with Gasteiger partial charge in [-0.25, -0.2) is 4.98 Å². The number of hydrogen-bond acceptors (Lipinski definition) is 5.